The second-order valence-electron chi connectivity index (χ2n) is 5.52. The van der Waals surface area contributed by atoms with E-state index >= 15 is 0 Å². The van der Waals surface area contributed by atoms with E-state index in [4.69, 9.17) is 0 Å². The standard InChI is InChI=1S/C18H23N3O2S/c1-4-10-19-15(22)11-20-17(23)16-12(3)21-18(24-16)14-8-6-13(5-2)7-9-14/h6-9H,4-5,10-11H2,1-3H3,(H,19,22)(H,20,23). The Bertz CT molecular complexity index is 708. The summed E-state index contributed by atoms with van der Waals surface area (Å²) in [5.74, 6) is -0.434. The Morgan fingerprint density at radius 3 is 2.46 bits per heavy atom. The summed E-state index contributed by atoms with van der Waals surface area (Å²) >= 11 is 1.35. The van der Waals surface area contributed by atoms with Gasteiger partial charge in [0.2, 0.25) is 5.91 Å². The van der Waals surface area contributed by atoms with Crippen LogP contribution < -0.4 is 10.6 Å². The number of rotatable bonds is 7. The number of amides is 2. The first-order valence-corrected chi connectivity index (χ1v) is 8.98. The first-order valence-electron chi connectivity index (χ1n) is 8.16. The minimum absolute atomic E-state index is 0.0172. The Labute approximate surface area is 146 Å². The zero-order valence-corrected chi connectivity index (χ0v) is 15.1. The quantitative estimate of drug-likeness (QED) is 0.810. The molecule has 2 amide bonds. The number of carbonyl (C=O) groups is 2. The minimum atomic E-state index is -0.256. The molecule has 0 radical (unpaired) electrons. The topological polar surface area (TPSA) is 71.1 Å². The average molecular weight is 345 g/mol. The van der Waals surface area contributed by atoms with Crippen LogP contribution in [0.25, 0.3) is 10.6 Å². The molecule has 0 spiro atoms. The zero-order valence-electron chi connectivity index (χ0n) is 14.3. The van der Waals surface area contributed by atoms with Gasteiger partial charge in [-0.1, -0.05) is 38.1 Å². The van der Waals surface area contributed by atoms with E-state index in [1.54, 1.807) is 0 Å². The SMILES string of the molecule is CCCNC(=O)CNC(=O)c1sc(-c2ccc(CC)cc2)nc1C. The van der Waals surface area contributed by atoms with Gasteiger partial charge in [0.25, 0.3) is 5.91 Å². The number of aryl methyl sites for hydroxylation is 2. The number of nitrogens with one attached hydrogen (secondary N) is 2. The van der Waals surface area contributed by atoms with Gasteiger partial charge in [0, 0.05) is 12.1 Å². The smallest absolute Gasteiger partial charge is 0.263 e. The normalized spacial score (nSPS) is 10.5. The maximum Gasteiger partial charge on any atom is 0.263 e. The highest BCUT2D eigenvalue weighted by Gasteiger charge is 2.16. The number of hydrogen-bond donors (Lipinski definition) is 2. The third kappa shape index (κ3) is 4.64. The third-order valence-electron chi connectivity index (χ3n) is 3.59. The maximum atomic E-state index is 12.3. The van der Waals surface area contributed by atoms with Gasteiger partial charge in [0.1, 0.15) is 9.88 Å². The lowest BCUT2D eigenvalue weighted by atomic mass is 10.1. The molecule has 0 bridgehead atoms. The Balaban J connectivity index is 2.04. The van der Waals surface area contributed by atoms with Gasteiger partial charge in [-0.05, 0) is 25.3 Å². The molecule has 1 heterocycles. The van der Waals surface area contributed by atoms with E-state index in [0.717, 1.165) is 23.4 Å². The molecular formula is C18H23N3O2S. The van der Waals surface area contributed by atoms with Gasteiger partial charge in [-0.3, -0.25) is 9.59 Å². The van der Waals surface area contributed by atoms with Crippen LogP contribution in [-0.4, -0.2) is 29.9 Å². The summed E-state index contributed by atoms with van der Waals surface area (Å²) in [5.41, 5.74) is 2.95. The minimum Gasteiger partial charge on any atom is -0.355 e. The molecular weight excluding hydrogens is 322 g/mol. The Morgan fingerprint density at radius 1 is 1.12 bits per heavy atom. The molecule has 0 saturated heterocycles. The number of thiazole rings is 1. The summed E-state index contributed by atoms with van der Waals surface area (Å²) in [6.07, 6.45) is 1.86. The predicted octanol–water partition coefficient (Wildman–Crippen LogP) is 2.94. The molecule has 0 saturated carbocycles. The summed E-state index contributed by atoms with van der Waals surface area (Å²) in [4.78, 5) is 28.9. The molecule has 1 aromatic heterocycles. The van der Waals surface area contributed by atoms with Crippen molar-refractivity contribution in [2.24, 2.45) is 0 Å². The van der Waals surface area contributed by atoms with E-state index in [-0.39, 0.29) is 18.4 Å². The van der Waals surface area contributed by atoms with Crippen molar-refractivity contribution in [2.45, 2.75) is 33.6 Å². The van der Waals surface area contributed by atoms with Crippen molar-refractivity contribution in [3.63, 3.8) is 0 Å². The molecule has 0 aliphatic carbocycles. The van der Waals surface area contributed by atoms with Crippen LogP contribution in [0.4, 0.5) is 0 Å². The summed E-state index contributed by atoms with van der Waals surface area (Å²) in [5, 5.41) is 6.20. The summed E-state index contributed by atoms with van der Waals surface area (Å²) in [6.45, 7) is 6.51. The third-order valence-corrected chi connectivity index (χ3v) is 4.80. The molecule has 0 fully saturated rings. The van der Waals surface area contributed by atoms with Crippen molar-refractivity contribution in [2.75, 3.05) is 13.1 Å². The van der Waals surface area contributed by atoms with Crippen LogP contribution in [-0.2, 0) is 11.2 Å². The molecule has 24 heavy (non-hydrogen) atoms. The second-order valence-corrected chi connectivity index (χ2v) is 6.52. The molecule has 5 nitrogen and oxygen atoms in total. The number of nitrogens with zero attached hydrogens (tertiary/aromatic N) is 1. The number of benzene rings is 1. The van der Waals surface area contributed by atoms with E-state index in [1.165, 1.54) is 16.9 Å². The van der Waals surface area contributed by atoms with E-state index in [9.17, 15) is 9.59 Å². The zero-order chi connectivity index (χ0) is 17.5. The molecule has 0 aliphatic heterocycles. The molecule has 0 unspecified atom stereocenters. The lowest BCUT2D eigenvalue weighted by molar-refractivity contribution is -0.120. The van der Waals surface area contributed by atoms with Crippen molar-refractivity contribution >= 4 is 23.2 Å². The van der Waals surface area contributed by atoms with Crippen LogP contribution in [0.15, 0.2) is 24.3 Å². The predicted molar refractivity (Wildman–Crippen MR) is 97.3 cm³/mol. The highest BCUT2D eigenvalue weighted by atomic mass is 32.1. The van der Waals surface area contributed by atoms with Crippen molar-refractivity contribution < 1.29 is 9.59 Å². The lowest BCUT2D eigenvalue weighted by Gasteiger charge is -2.05. The van der Waals surface area contributed by atoms with Crippen LogP contribution in [0.2, 0.25) is 0 Å². The van der Waals surface area contributed by atoms with E-state index < -0.39 is 0 Å². The molecule has 6 heteroatoms. The highest BCUT2D eigenvalue weighted by Crippen LogP contribution is 2.28. The monoisotopic (exact) mass is 345 g/mol. The highest BCUT2D eigenvalue weighted by molar-refractivity contribution is 7.17. The maximum absolute atomic E-state index is 12.3. The molecule has 2 rings (SSSR count). The van der Waals surface area contributed by atoms with Crippen LogP contribution in [0.5, 0.6) is 0 Å². The largest absolute Gasteiger partial charge is 0.355 e. The molecule has 0 atom stereocenters. The number of hydrogen-bond acceptors (Lipinski definition) is 4. The first-order chi connectivity index (χ1) is 11.5. The van der Waals surface area contributed by atoms with Crippen LogP contribution in [0, 0.1) is 6.92 Å². The average Bonchev–Trinajstić information content (AvgIpc) is 2.99. The van der Waals surface area contributed by atoms with E-state index in [2.05, 4.69) is 34.7 Å². The molecule has 2 N–H and O–H groups in total. The molecule has 128 valence electrons. The molecule has 0 aliphatic rings. The first kappa shape index (κ1) is 18.1. The molecule has 2 aromatic rings. The van der Waals surface area contributed by atoms with Crippen molar-refractivity contribution in [1.29, 1.82) is 0 Å². The Hall–Kier alpha value is -2.21. The summed E-state index contributed by atoms with van der Waals surface area (Å²) < 4.78 is 0. The van der Waals surface area contributed by atoms with E-state index in [0.29, 0.717) is 17.1 Å². The van der Waals surface area contributed by atoms with Gasteiger partial charge in [-0.25, -0.2) is 4.98 Å². The van der Waals surface area contributed by atoms with Crippen molar-refractivity contribution in [3.8, 4) is 10.6 Å². The van der Waals surface area contributed by atoms with Crippen molar-refractivity contribution in [1.82, 2.24) is 15.6 Å². The van der Waals surface area contributed by atoms with Gasteiger partial charge in [-0.15, -0.1) is 11.3 Å². The van der Waals surface area contributed by atoms with Crippen LogP contribution in [0.1, 0.15) is 41.2 Å². The van der Waals surface area contributed by atoms with Gasteiger partial charge in [-0.2, -0.15) is 0 Å². The lowest BCUT2D eigenvalue weighted by Crippen LogP contribution is -2.37. The van der Waals surface area contributed by atoms with Crippen molar-refractivity contribution in [3.05, 3.63) is 40.4 Å². The fourth-order valence-corrected chi connectivity index (χ4v) is 3.17. The Morgan fingerprint density at radius 2 is 1.83 bits per heavy atom. The number of aromatic nitrogens is 1. The van der Waals surface area contributed by atoms with Crippen LogP contribution >= 0.6 is 11.3 Å². The van der Waals surface area contributed by atoms with Gasteiger partial charge in [0.05, 0.1) is 12.2 Å². The second kappa shape index (κ2) is 8.59. The fraction of sp³-hybridized carbons (Fsp3) is 0.389. The van der Waals surface area contributed by atoms with Gasteiger partial charge < -0.3 is 10.6 Å². The molecule has 1 aromatic carbocycles. The number of carbonyl (C=O) groups excluding carboxylic acids is 2. The van der Waals surface area contributed by atoms with Gasteiger partial charge >= 0.3 is 0 Å². The summed E-state index contributed by atoms with van der Waals surface area (Å²) in [7, 11) is 0. The Kier molecular flexibility index (Phi) is 6.49. The summed E-state index contributed by atoms with van der Waals surface area (Å²) in [6, 6.07) is 8.20. The van der Waals surface area contributed by atoms with E-state index in [1.807, 2.05) is 26.0 Å². The fourth-order valence-electron chi connectivity index (χ4n) is 2.18. The van der Waals surface area contributed by atoms with Gasteiger partial charge in [0.15, 0.2) is 0 Å². The van der Waals surface area contributed by atoms with Crippen LogP contribution in [0.3, 0.4) is 0 Å².